The topological polar surface area (TPSA) is 63.3 Å². The van der Waals surface area contributed by atoms with E-state index in [4.69, 9.17) is 4.42 Å². The van der Waals surface area contributed by atoms with Crippen LogP contribution in [0.3, 0.4) is 0 Å². The number of aromatic nitrogens is 2. The fraction of sp³-hybridized carbons (Fsp3) is 0.636. The van der Waals surface area contributed by atoms with E-state index in [0.29, 0.717) is 18.9 Å². The number of amides is 1. The van der Waals surface area contributed by atoms with Crippen molar-refractivity contribution < 1.29 is 9.21 Å². The molecular formula is C22H34N4O2. The SMILES string of the molecule is Cc1nn(CC(C)C)c(C)c1CC(=O)NC[C@@H](c1ccco1)N1CCCCC1. The normalized spacial score (nSPS) is 16.5. The average Bonchev–Trinajstić information content (AvgIpc) is 3.27. The Hall–Kier alpha value is -2.08. The maximum absolute atomic E-state index is 12.7. The smallest absolute Gasteiger partial charge is 0.224 e. The number of hydrogen-bond acceptors (Lipinski definition) is 4. The highest BCUT2D eigenvalue weighted by Gasteiger charge is 2.25. The largest absolute Gasteiger partial charge is 0.468 e. The molecule has 0 aromatic carbocycles. The Morgan fingerprint density at radius 1 is 1.25 bits per heavy atom. The van der Waals surface area contributed by atoms with Crippen LogP contribution in [0.4, 0.5) is 0 Å². The molecule has 1 fully saturated rings. The van der Waals surface area contributed by atoms with Crippen molar-refractivity contribution in [1.82, 2.24) is 20.0 Å². The third-order valence-electron chi connectivity index (χ3n) is 5.60. The van der Waals surface area contributed by atoms with Crippen LogP contribution in [0, 0.1) is 19.8 Å². The summed E-state index contributed by atoms with van der Waals surface area (Å²) >= 11 is 0. The van der Waals surface area contributed by atoms with E-state index in [1.807, 2.05) is 23.7 Å². The van der Waals surface area contributed by atoms with Crippen molar-refractivity contribution in [2.24, 2.45) is 5.92 Å². The molecule has 1 amide bonds. The fourth-order valence-corrected chi connectivity index (χ4v) is 4.07. The van der Waals surface area contributed by atoms with E-state index < -0.39 is 0 Å². The quantitative estimate of drug-likeness (QED) is 0.752. The Kier molecular flexibility index (Phi) is 6.94. The Morgan fingerprint density at radius 3 is 2.64 bits per heavy atom. The third kappa shape index (κ3) is 5.04. The van der Waals surface area contributed by atoms with Gasteiger partial charge in [-0.2, -0.15) is 5.10 Å². The molecule has 1 saturated heterocycles. The maximum atomic E-state index is 12.7. The van der Waals surface area contributed by atoms with Gasteiger partial charge in [-0.15, -0.1) is 0 Å². The highest BCUT2D eigenvalue weighted by molar-refractivity contribution is 5.79. The van der Waals surface area contributed by atoms with Crippen LogP contribution in [0.2, 0.25) is 0 Å². The van der Waals surface area contributed by atoms with Crippen LogP contribution >= 0.6 is 0 Å². The number of aryl methyl sites for hydroxylation is 1. The third-order valence-corrected chi connectivity index (χ3v) is 5.60. The van der Waals surface area contributed by atoms with Gasteiger partial charge < -0.3 is 9.73 Å². The molecule has 6 heteroatoms. The van der Waals surface area contributed by atoms with E-state index in [1.54, 1.807) is 6.26 Å². The summed E-state index contributed by atoms with van der Waals surface area (Å²) in [7, 11) is 0. The second-order valence-corrected chi connectivity index (χ2v) is 8.33. The van der Waals surface area contributed by atoms with Crippen LogP contribution in [0.25, 0.3) is 0 Å². The predicted molar refractivity (Wildman–Crippen MR) is 110 cm³/mol. The van der Waals surface area contributed by atoms with Crippen LogP contribution in [0.1, 0.15) is 61.9 Å². The van der Waals surface area contributed by atoms with Crippen LogP contribution in [-0.2, 0) is 17.8 Å². The van der Waals surface area contributed by atoms with Crippen molar-refractivity contribution in [1.29, 1.82) is 0 Å². The minimum absolute atomic E-state index is 0.0452. The molecule has 0 aliphatic carbocycles. The Morgan fingerprint density at radius 2 is 2.00 bits per heavy atom. The second-order valence-electron chi connectivity index (χ2n) is 8.33. The zero-order valence-corrected chi connectivity index (χ0v) is 17.7. The molecule has 0 unspecified atom stereocenters. The van der Waals surface area contributed by atoms with Crippen molar-refractivity contribution in [3.63, 3.8) is 0 Å². The molecule has 28 heavy (non-hydrogen) atoms. The standard InChI is InChI=1S/C22H34N4O2/c1-16(2)15-26-18(4)19(17(3)24-26)13-22(27)23-14-20(21-9-8-12-28-21)25-10-6-5-7-11-25/h8-9,12,16,20H,5-7,10-11,13-15H2,1-4H3,(H,23,27)/t20-/m0/s1. The van der Waals surface area contributed by atoms with Crippen LogP contribution in [0.5, 0.6) is 0 Å². The van der Waals surface area contributed by atoms with Gasteiger partial charge in [0.05, 0.1) is 24.4 Å². The summed E-state index contributed by atoms with van der Waals surface area (Å²) in [5.74, 6) is 1.50. The Balaban J connectivity index is 1.63. The number of rotatable bonds is 8. The van der Waals surface area contributed by atoms with Gasteiger partial charge in [0.15, 0.2) is 0 Å². The van der Waals surface area contributed by atoms with Gasteiger partial charge in [0.1, 0.15) is 5.76 Å². The summed E-state index contributed by atoms with van der Waals surface area (Å²) in [6.45, 7) is 12.0. The van der Waals surface area contributed by atoms with E-state index in [0.717, 1.165) is 42.3 Å². The molecule has 3 heterocycles. The summed E-state index contributed by atoms with van der Waals surface area (Å²) < 4.78 is 7.70. The Bertz CT molecular complexity index is 758. The first kappa shape index (κ1) is 20.6. The van der Waals surface area contributed by atoms with Gasteiger partial charge in [0.2, 0.25) is 5.91 Å². The molecule has 3 rings (SSSR count). The lowest BCUT2D eigenvalue weighted by atomic mass is 10.1. The number of likely N-dealkylation sites (tertiary alicyclic amines) is 1. The minimum atomic E-state index is 0.0452. The first-order valence-corrected chi connectivity index (χ1v) is 10.5. The van der Waals surface area contributed by atoms with Crippen molar-refractivity contribution in [3.8, 4) is 0 Å². The average molecular weight is 387 g/mol. The van der Waals surface area contributed by atoms with Gasteiger partial charge in [-0.25, -0.2) is 0 Å². The van der Waals surface area contributed by atoms with E-state index >= 15 is 0 Å². The summed E-state index contributed by atoms with van der Waals surface area (Å²) in [4.78, 5) is 15.1. The lowest BCUT2D eigenvalue weighted by Gasteiger charge is -2.33. The lowest BCUT2D eigenvalue weighted by molar-refractivity contribution is -0.120. The van der Waals surface area contributed by atoms with Crippen LogP contribution in [0.15, 0.2) is 22.8 Å². The van der Waals surface area contributed by atoms with Crippen LogP contribution in [-0.4, -0.2) is 40.2 Å². The molecule has 1 aliphatic heterocycles. The van der Waals surface area contributed by atoms with Crippen molar-refractivity contribution in [2.45, 2.75) is 66.0 Å². The summed E-state index contributed by atoms with van der Waals surface area (Å²) in [5.41, 5.74) is 3.09. The number of nitrogens with one attached hydrogen (secondary N) is 1. The zero-order chi connectivity index (χ0) is 20.1. The molecule has 1 aliphatic rings. The second kappa shape index (κ2) is 9.41. The predicted octanol–water partition coefficient (Wildman–Crippen LogP) is 3.63. The van der Waals surface area contributed by atoms with E-state index in [2.05, 4.69) is 36.1 Å². The van der Waals surface area contributed by atoms with Crippen molar-refractivity contribution in [2.75, 3.05) is 19.6 Å². The molecular weight excluding hydrogens is 352 g/mol. The first-order valence-electron chi connectivity index (χ1n) is 10.5. The molecule has 1 atom stereocenters. The van der Waals surface area contributed by atoms with Gasteiger partial charge in [-0.1, -0.05) is 20.3 Å². The van der Waals surface area contributed by atoms with Crippen LogP contribution < -0.4 is 5.32 Å². The molecule has 0 radical (unpaired) electrons. The summed E-state index contributed by atoms with van der Waals surface area (Å²) in [5, 5.41) is 7.77. The number of furan rings is 1. The van der Waals surface area contributed by atoms with Crippen molar-refractivity contribution in [3.05, 3.63) is 41.1 Å². The molecule has 0 spiro atoms. The van der Waals surface area contributed by atoms with E-state index in [1.165, 1.54) is 19.3 Å². The lowest BCUT2D eigenvalue weighted by Crippen LogP contribution is -2.40. The fourth-order valence-electron chi connectivity index (χ4n) is 4.07. The van der Waals surface area contributed by atoms with Gasteiger partial charge >= 0.3 is 0 Å². The maximum Gasteiger partial charge on any atom is 0.224 e. The Labute approximate surface area is 168 Å². The van der Waals surface area contributed by atoms with Crippen molar-refractivity contribution >= 4 is 5.91 Å². The molecule has 6 nitrogen and oxygen atoms in total. The summed E-state index contributed by atoms with van der Waals surface area (Å²) in [6, 6.07) is 4.03. The van der Waals surface area contributed by atoms with Gasteiger partial charge in [0.25, 0.3) is 0 Å². The molecule has 2 aromatic heterocycles. The molecule has 0 bridgehead atoms. The highest BCUT2D eigenvalue weighted by Crippen LogP contribution is 2.24. The number of carbonyl (C=O) groups excluding carboxylic acids is 1. The molecule has 154 valence electrons. The van der Waals surface area contributed by atoms with E-state index in [-0.39, 0.29) is 11.9 Å². The minimum Gasteiger partial charge on any atom is -0.468 e. The molecule has 1 N–H and O–H groups in total. The zero-order valence-electron chi connectivity index (χ0n) is 17.7. The summed E-state index contributed by atoms with van der Waals surface area (Å²) in [6.07, 6.45) is 5.79. The monoisotopic (exact) mass is 386 g/mol. The highest BCUT2D eigenvalue weighted by atomic mass is 16.3. The van der Waals surface area contributed by atoms with Gasteiger partial charge in [-0.3, -0.25) is 14.4 Å². The number of nitrogens with zero attached hydrogens (tertiary/aromatic N) is 3. The molecule has 2 aromatic rings. The molecule has 0 saturated carbocycles. The number of piperidine rings is 1. The first-order chi connectivity index (χ1) is 13.5. The van der Waals surface area contributed by atoms with Gasteiger partial charge in [-0.05, 0) is 57.8 Å². The van der Waals surface area contributed by atoms with Gasteiger partial charge in [0, 0.05) is 24.3 Å². The van der Waals surface area contributed by atoms with E-state index in [9.17, 15) is 4.79 Å². The number of hydrogen-bond donors (Lipinski definition) is 1. The number of carbonyl (C=O) groups is 1.